The van der Waals surface area contributed by atoms with Crippen molar-refractivity contribution in [2.45, 2.75) is 46.2 Å². The van der Waals surface area contributed by atoms with Crippen molar-refractivity contribution < 1.29 is 4.79 Å². The quantitative estimate of drug-likeness (QED) is 0.863. The van der Waals surface area contributed by atoms with Gasteiger partial charge in [-0.2, -0.15) is 5.10 Å². The molecular weight excluding hydrogens is 258 g/mol. The first kappa shape index (κ1) is 14.2. The normalized spacial score (nSPS) is 11.2. The van der Waals surface area contributed by atoms with Gasteiger partial charge in [-0.25, -0.2) is 9.67 Å². The fourth-order valence-electron chi connectivity index (χ4n) is 2.04. The molecule has 0 saturated heterocycles. The summed E-state index contributed by atoms with van der Waals surface area (Å²) in [5.41, 5.74) is 0.133. The van der Waals surface area contributed by atoms with Gasteiger partial charge >= 0.3 is 5.56 Å². The van der Waals surface area contributed by atoms with Crippen LogP contribution in [-0.2, 0) is 11.3 Å². The molecule has 1 amide bonds. The maximum atomic E-state index is 12.1. The second-order valence-corrected chi connectivity index (χ2v) is 5.02. The van der Waals surface area contributed by atoms with E-state index in [9.17, 15) is 9.59 Å². The van der Waals surface area contributed by atoms with Crippen molar-refractivity contribution in [3.8, 4) is 0 Å². The third kappa shape index (κ3) is 3.04. The Labute approximate surface area is 116 Å². The van der Waals surface area contributed by atoms with E-state index in [1.165, 1.54) is 4.68 Å². The Morgan fingerprint density at radius 1 is 1.45 bits per heavy atom. The van der Waals surface area contributed by atoms with Crippen molar-refractivity contribution in [2.75, 3.05) is 0 Å². The first-order valence-corrected chi connectivity index (χ1v) is 6.69. The lowest BCUT2D eigenvalue weighted by Crippen LogP contribution is -2.31. The van der Waals surface area contributed by atoms with Crippen LogP contribution in [0.1, 0.15) is 32.5 Å². The van der Waals surface area contributed by atoms with Crippen molar-refractivity contribution in [2.24, 2.45) is 0 Å². The van der Waals surface area contributed by atoms with Gasteiger partial charge in [0, 0.05) is 31.4 Å². The molecule has 2 aromatic rings. The molecule has 0 radical (unpaired) electrons. The molecule has 20 heavy (non-hydrogen) atoms. The van der Waals surface area contributed by atoms with Crippen LogP contribution in [0, 0.1) is 6.92 Å². The van der Waals surface area contributed by atoms with Crippen LogP contribution in [0.5, 0.6) is 0 Å². The maximum absolute atomic E-state index is 12.1. The SMILES string of the molecule is Cc1nn(CCCC(=O)NC(C)C)c(=O)c2nccn12. The molecule has 7 heteroatoms. The van der Waals surface area contributed by atoms with E-state index in [-0.39, 0.29) is 17.5 Å². The Morgan fingerprint density at radius 2 is 2.20 bits per heavy atom. The van der Waals surface area contributed by atoms with Gasteiger partial charge in [0.15, 0.2) is 0 Å². The number of hydrogen-bond acceptors (Lipinski definition) is 4. The molecule has 2 rings (SSSR count). The number of hydrogen-bond donors (Lipinski definition) is 1. The molecule has 7 nitrogen and oxygen atoms in total. The number of aromatic nitrogens is 4. The summed E-state index contributed by atoms with van der Waals surface area (Å²) in [6.07, 6.45) is 4.23. The molecule has 0 aliphatic rings. The molecule has 0 aliphatic carbocycles. The first-order chi connectivity index (χ1) is 9.49. The molecule has 0 saturated carbocycles. The number of nitrogens with zero attached hydrogens (tertiary/aromatic N) is 4. The van der Waals surface area contributed by atoms with E-state index in [2.05, 4.69) is 15.4 Å². The van der Waals surface area contributed by atoms with E-state index in [1.807, 2.05) is 20.8 Å². The van der Waals surface area contributed by atoms with E-state index in [0.717, 1.165) is 0 Å². The van der Waals surface area contributed by atoms with Crippen LogP contribution in [0.25, 0.3) is 5.65 Å². The van der Waals surface area contributed by atoms with Crippen LogP contribution < -0.4 is 10.9 Å². The van der Waals surface area contributed by atoms with Gasteiger partial charge in [-0.3, -0.25) is 14.0 Å². The second kappa shape index (κ2) is 5.85. The Kier molecular flexibility index (Phi) is 4.16. The molecular formula is C13H19N5O2. The fourth-order valence-corrected chi connectivity index (χ4v) is 2.04. The highest BCUT2D eigenvalue weighted by molar-refractivity contribution is 5.76. The third-order valence-electron chi connectivity index (χ3n) is 2.90. The number of nitrogens with one attached hydrogen (secondary N) is 1. The number of carbonyl (C=O) groups is 1. The van der Waals surface area contributed by atoms with Crippen LogP contribution in [0.4, 0.5) is 0 Å². The van der Waals surface area contributed by atoms with Crippen molar-refractivity contribution in [1.29, 1.82) is 0 Å². The van der Waals surface area contributed by atoms with Crippen LogP contribution in [0.2, 0.25) is 0 Å². The van der Waals surface area contributed by atoms with Gasteiger partial charge in [-0.05, 0) is 27.2 Å². The molecule has 2 aromatic heterocycles. The second-order valence-electron chi connectivity index (χ2n) is 5.02. The highest BCUT2D eigenvalue weighted by atomic mass is 16.1. The summed E-state index contributed by atoms with van der Waals surface area (Å²) in [5.74, 6) is 0.690. The smallest absolute Gasteiger partial charge is 0.310 e. The van der Waals surface area contributed by atoms with Gasteiger partial charge in [0.05, 0.1) is 0 Å². The van der Waals surface area contributed by atoms with Crippen LogP contribution in [-0.4, -0.2) is 31.1 Å². The molecule has 0 aromatic carbocycles. The topological polar surface area (TPSA) is 81.3 Å². The van der Waals surface area contributed by atoms with Crippen molar-refractivity contribution in [1.82, 2.24) is 24.5 Å². The number of aryl methyl sites for hydroxylation is 2. The van der Waals surface area contributed by atoms with Gasteiger partial charge in [0.2, 0.25) is 11.6 Å². The highest BCUT2D eigenvalue weighted by Gasteiger charge is 2.09. The minimum atomic E-state index is -0.232. The maximum Gasteiger partial charge on any atom is 0.310 e. The van der Waals surface area contributed by atoms with Crippen LogP contribution >= 0.6 is 0 Å². The van der Waals surface area contributed by atoms with Crippen LogP contribution in [0.3, 0.4) is 0 Å². The van der Waals surface area contributed by atoms with E-state index in [1.54, 1.807) is 16.8 Å². The lowest BCUT2D eigenvalue weighted by Gasteiger charge is -2.09. The van der Waals surface area contributed by atoms with Gasteiger partial charge in [-0.1, -0.05) is 0 Å². The number of carbonyl (C=O) groups excluding carboxylic acids is 1. The number of fused-ring (bicyclic) bond motifs is 1. The van der Waals surface area contributed by atoms with Gasteiger partial charge in [0.25, 0.3) is 0 Å². The van der Waals surface area contributed by atoms with E-state index < -0.39 is 0 Å². The highest BCUT2D eigenvalue weighted by Crippen LogP contribution is 1.99. The van der Waals surface area contributed by atoms with E-state index in [4.69, 9.17) is 0 Å². The fraction of sp³-hybridized carbons (Fsp3) is 0.538. The lowest BCUT2D eigenvalue weighted by molar-refractivity contribution is -0.121. The van der Waals surface area contributed by atoms with Crippen LogP contribution in [0.15, 0.2) is 17.2 Å². The third-order valence-corrected chi connectivity index (χ3v) is 2.90. The molecule has 108 valence electrons. The lowest BCUT2D eigenvalue weighted by atomic mass is 10.2. The average Bonchev–Trinajstić information content (AvgIpc) is 2.84. The van der Waals surface area contributed by atoms with Gasteiger partial charge in [-0.15, -0.1) is 0 Å². The minimum Gasteiger partial charge on any atom is -0.354 e. The molecule has 0 unspecified atom stereocenters. The first-order valence-electron chi connectivity index (χ1n) is 6.69. The van der Waals surface area contributed by atoms with Gasteiger partial charge in [0.1, 0.15) is 5.82 Å². The number of rotatable bonds is 5. The summed E-state index contributed by atoms with van der Waals surface area (Å²) in [6.45, 7) is 6.06. The Bertz CT molecular complexity index is 671. The summed E-state index contributed by atoms with van der Waals surface area (Å²) in [6, 6.07) is 0.131. The summed E-state index contributed by atoms with van der Waals surface area (Å²) in [7, 11) is 0. The molecule has 0 bridgehead atoms. The minimum absolute atomic E-state index is 0.00772. The van der Waals surface area contributed by atoms with Gasteiger partial charge < -0.3 is 5.32 Å². The number of imidazole rings is 1. The Hall–Kier alpha value is -2.18. The van der Waals surface area contributed by atoms with Crippen molar-refractivity contribution >= 4 is 11.6 Å². The average molecular weight is 277 g/mol. The molecule has 0 fully saturated rings. The standard InChI is InChI=1S/C13H19N5O2/c1-9(2)15-11(19)5-4-7-18-13(20)12-14-6-8-17(12)10(3)16-18/h6,8-9H,4-5,7H2,1-3H3,(H,15,19). The molecule has 0 spiro atoms. The summed E-state index contributed by atoms with van der Waals surface area (Å²) in [5, 5.41) is 7.04. The summed E-state index contributed by atoms with van der Waals surface area (Å²) in [4.78, 5) is 27.7. The zero-order valence-corrected chi connectivity index (χ0v) is 12.0. The summed E-state index contributed by atoms with van der Waals surface area (Å²) >= 11 is 0. The summed E-state index contributed by atoms with van der Waals surface area (Å²) < 4.78 is 3.03. The monoisotopic (exact) mass is 277 g/mol. The largest absolute Gasteiger partial charge is 0.354 e. The zero-order valence-electron chi connectivity index (χ0n) is 12.0. The Balaban J connectivity index is 2.05. The van der Waals surface area contributed by atoms with Crippen molar-refractivity contribution in [3.05, 3.63) is 28.6 Å². The predicted octanol–water partition coefficient (Wildman–Crippen LogP) is 0.504. The number of amides is 1. The molecule has 2 heterocycles. The van der Waals surface area contributed by atoms with E-state index >= 15 is 0 Å². The predicted molar refractivity (Wildman–Crippen MR) is 74.5 cm³/mol. The molecule has 0 atom stereocenters. The van der Waals surface area contributed by atoms with E-state index in [0.29, 0.717) is 30.9 Å². The molecule has 1 N–H and O–H groups in total. The van der Waals surface area contributed by atoms with Crippen molar-refractivity contribution in [3.63, 3.8) is 0 Å². The molecule has 0 aliphatic heterocycles. The Morgan fingerprint density at radius 3 is 2.90 bits per heavy atom. The zero-order chi connectivity index (χ0) is 14.7.